The maximum absolute atomic E-state index is 11.6. The lowest BCUT2D eigenvalue weighted by atomic mass is 9.84. The van der Waals surface area contributed by atoms with Crippen LogP contribution in [-0.4, -0.2) is 49.9 Å². The van der Waals surface area contributed by atoms with Gasteiger partial charge in [0.2, 0.25) is 5.60 Å². The van der Waals surface area contributed by atoms with Gasteiger partial charge in [0, 0.05) is 7.11 Å². The fourth-order valence-corrected chi connectivity index (χ4v) is 1.80. The van der Waals surface area contributed by atoms with E-state index in [1.165, 1.54) is 40.4 Å². The number of carbonyl (C=O) groups excluding carboxylic acids is 2. The minimum Gasteiger partial charge on any atom is -0.497 e. The molecule has 0 bridgehead atoms. The van der Waals surface area contributed by atoms with Crippen LogP contribution >= 0.6 is 0 Å². The normalized spacial score (nSPS) is 27.1. The Labute approximate surface area is 105 Å². The summed E-state index contributed by atoms with van der Waals surface area (Å²) in [5.74, 6) is -1.19. The zero-order valence-electron chi connectivity index (χ0n) is 10.7. The van der Waals surface area contributed by atoms with Crippen LogP contribution in [0.1, 0.15) is 6.92 Å². The van der Waals surface area contributed by atoms with Gasteiger partial charge in [0.1, 0.15) is 11.9 Å². The number of methoxy groups -OCH3 is 3. The first-order valence-electron chi connectivity index (χ1n) is 5.24. The highest BCUT2D eigenvalue weighted by Crippen LogP contribution is 2.32. The van der Waals surface area contributed by atoms with Crippen molar-refractivity contribution in [3.63, 3.8) is 0 Å². The fraction of sp³-hybridized carbons (Fsp3) is 0.500. The van der Waals surface area contributed by atoms with E-state index in [1.54, 1.807) is 0 Å². The monoisotopic (exact) mass is 256 g/mol. The third-order valence-corrected chi connectivity index (χ3v) is 2.84. The van der Waals surface area contributed by atoms with Crippen molar-refractivity contribution in [3.8, 4) is 0 Å². The molecule has 0 spiro atoms. The van der Waals surface area contributed by atoms with Crippen molar-refractivity contribution in [3.05, 3.63) is 23.5 Å². The Kier molecular flexibility index (Phi) is 4.26. The highest BCUT2D eigenvalue weighted by atomic mass is 16.5. The third-order valence-electron chi connectivity index (χ3n) is 2.84. The molecule has 2 unspecified atom stereocenters. The Morgan fingerprint density at radius 2 is 1.94 bits per heavy atom. The predicted molar refractivity (Wildman–Crippen MR) is 61.6 cm³/mol. The van der Waals surface area contributed by atoms with E-state index in [0.29, 0.717) is 0 Å². The minimum atomic E-state index is -1.93. The van der Waals surface area contributed by atoms with Crippen LogP contribution in [-0.2, 0) is 23.8 Å². The SMILES string of the molecule is COC(=O)C1=CC(OC)C(O)(C(C)=O)C(OC)=C1. The fourth-order valence-electron chi connectivity index (χ4n) is 1.80. The molecule has 6 heteroatoms. The largest absolute Gasteiger partial charge is 0.497 e. The molecule has 0 heterocycles. The van der Waals surface area contributed by atoms with Gasteiger partial charge in [-0.15, -0.1) is 0 Å². The summed E-state index contributed by atoms with van der Waals surface area (Å²) in [7, 11) is 3.85. The van der Waals surface area contributed by atoms with Crippen molar-refractivity contribution in [2.75, 3.05) is 21.3 Å². The Balaban J connectivity index is 3.30. The van der Waals surface area contributed by atoms with Crippen LogP contribution in [0.4, 0.5) is 0 Å². The van der Waals surface area contributed by atoms with Gasteiger partial charge in [-0.25, -0.2) is 4.79 Å². The molecule has 0 aromatic rings. The molecule has 0 amide bonds. The highest BCUT2D eigenvalue weighted by Gasteiger charge is 2.48. The van der Waals surface area contributed by atoms with Crippen LogP contribution in [0.25, 0.3) is 0 Å². The molecule has 0 fully saturated rings. The van der Waals surface area contributed by atoms with Gasteiger partial charge in [-0.2, -0.15) is 0 Å². The van der Waals surface area contributed by atoms with Crippen LogP contribution in [0.2, 0.25) is 0 Å². The average molecular weight is 256 g/mol. The summed E-state index contributed by atoms with van der Waals surface area (Å²) in [5.41, 5.74) is -1.77. The zero-order chi connectivity index (χ0) is 13.9. The molecule has 0 aliphatic heterocycles. The van der Waals surface area contributed by atoms with E-state index in [1.807, 2.05) is 0 Å². The Morgan fingerprint density at radius 3 is 2.33 bits per heavy atom. The third kappa shape index (κ3) is 2.16. The van der Waals surface area contributed by atoms with E-state index in [9.17, 15) is 14.7 Å². The maximum Gasteiger partial charge on any atom is 0.337 e. The zero-order valence-corrected chi connectivity index (χ0v) is 10.7. The van der Waals surface area contributed by atoms with Gasteiger partial charge in [0.15, 0.2) is 5.78 Å². The van der Waals surface area contributed by atoms with Gasteiger partial charge in [0.05, 0.1) is 19.8 Å². The van der Waals surface area contributed by atoms with Gasteiger partial charge in [-0.05, 0) is 19.1 Å². The summed E-state index contributed by atoms with van der Waals surface area (Å²) in [6.07, 6.45) is 1.59. The van der Waals surface area contributed by atoms with Crippen molar-refractivity contribution >= 4 is 11.8 Å². The number of rotatable bonds is 4. The molecule has 0 aromatic carbocycles. The van der Waals surface area contributed by atoms with Crippen molar-refractivity contribution in [1.82, 2.24) is 0 Å². The molecule has 1 rings (SSSR count). The van der Waals surface area contributed by atoms with E-state index < -0.39 is 23.5 Å². The molecule has 18 heavy (non-hydrogen) atoms. The van der Waals surface area contributed by atoms with Gasteiger partial charge in [-0.3, -0.25) is 4.79 Å². The molecule has 0 aromatic heterocycles. The van der Waals surface area contributed by atoms with Crippen LogP contribution in [0.15, 0.2) is 23.5 Å². The second-order valence-corrected chi connectivity index (χ2v) is 3.81. The van der Waals surface area contributed by atoms with E-state index in [2.05, 4.69) is 4.74 Å². The van der Waals surface area contributed by atoms with Gasteiger partial charge in [-0.1, -0.05) is 0 Å². The quantitative estimate of drug-likeness (QED) is 0.711. The lowest BCUT2D eigenvalue weighted by molar-refractivity contribution is -0.147. The number of esters is 1. The lowest BCUT2D eigenvalue weighted by Crippen LogP contribution is -2.52. The van der Waals surface area contributed by atoms with Crippen molar-refractivity contribution in [2.24, 2.45) is 0 Å². The Bertz CT molecular complexity index is 422. The molecule has 0 radical (unpaired) electrons. The van der Waals surface area contributed by atoms with E-state index in [-0.39, 0.29) is 11.3 Å². The van der Waals surface area contributed by atoms with E-state index in [0.717, 1.165) is 0 Å². The molecule has 0 saturated heterocycles. The van der Waals surface area contributed by atoms with Crippen LogP contribution in [0.5, 0.6) is 0 Å². The first kappa shape index (κ1) is 14.4. The Hall–Kier alpha value is -1.66. The van der Waals surface area contributed by atoms with Crippen molar-refractivity contribution in [1.29, 1.82) is 0 Å². The topological polar surface area (TPSA) is 82.1 Å². The predicted octanol–water partition coefficient (Wildman–Crippen LogP) is -0.0352. The maximum atomic E-state index is 11.6. The summed E-state index contributed by atoms with van der Waals surface area (Å²) in [5, 5.41) is 10.4. The number of hydrogen-bond acceptors (Lipinski definition) is 6. The first-order chi connectivity index (χ1) is 8.41. The number of ether oxygens (including phenoxy) is 3. The summed E-state index contributed by atoms with van der Waals surface area (Å²) in [6.45, 7) is 1.22. The molecular formula is C12H16O6. The standard InChI is InChI=1S/C12H16O6/c1-7(13)12(15)9(16-2)5-8(11(14)18-4)6-10(12)17-3/h5-6,9,15H,1-4H3. The molecule has 0 saturated carbocycles. The van der Waals surface area contributed by atoms with Crippen LogP contribution in [0, 0.1) is 0 Å². The van der Waals surface area contributed by atoms with E-state index in [4.69, 9.17) is 9.47 Å². The number of aliphatic hydroxyl groups is 1. The molecule has 1 aliphatic carbocycles. The number of ketones is 1. The van der Waals surface area contributed by atoms with Crippen molar-refractivity contribution < 1.29 is 28.9 Å². The summed E-state index contributed by atoms with van der Waals surface area (Å²) >= 11 is 0. The Morgan fingerprint density at radius 1 is 1.33 bits per heavy atom. The summed E-state index contributed by atoms with van der Waals surface area (Å²) < 4.78 is 14.6. The number of hydrogen-bond donors (Lipinski definition) is 1. The smallest absolute Gasteiger partial charge is 0.337 e. The minimum absolute atomic E-state index is 0.0512. The van der Waals surface area contributed by atoms with Crippen LogP contribution in [0.3, 0.4) is 0 Å². The van der Waals surface area contributed by atoms with Gasteiger partial charge < -0.3 is 19.3 Å². The number of Topliss-reactive ketones (excluding diaryl/α,β-unsaturated/α-hetero) is 1. The summed E-state index contributed by atoms with van der Waals surface area (Å²) in [6, 6.07) is 0. The first-order valence-corrected chi connectivity index (χ1v) is 5.24. The lowest BCUT2D eigenvalue weighted by Gasteiger charge is -2.35. The van der Waals surface area contributed by atoms with Gasteiger partial charge in [0.25, 0.3) is 0 Å². The average Bonchev–Trinajstić information content (AvgIpc) is 2.37. The number of carbonyl (C=O) groups is 2. The van der Waals surface area contributed by atoms with E-state index >= 15 is 0 Å². The molecule has 2 atom stereocenters. The second kappa shape index (κ2) is 5.32. The van der Waals surface area contributed by atoms with Crippen LogP contribution < -0.4 is 0 Å². The summed E-state index contributed by atoms with van der Waals surface area (Å²) in [4.78, 5) is 23.1. The molecule has 100 valence electrons. The molecular weight excluding hydrogens is 240 g/mol. The highest BCUT2D eigenvalue weighted by molar-refractivity contribution is 5.95. The molecule has 1 N–H and O–H groups in total. The van der Waals surface area contributed by atoms with Gasteiger partial charge >= 0.3 is 5.97 Å². The van der Waals surface area contributed by atoms with Crippen molar-refractivity contribution in [2.45, 2.75) is 18.6 Å². The molecule has 1 aliphatic rings. The molecule has 6 nitrogen and oxygen atoms in total. The second-order valence-electron chi connectivity index (χ2n) is 3.81.